The van der Waals surface area contributed by atoms with Crippen molar-refractivity contribution in [2.24, 2.45) is 12.0 Å². The minimum atomic E-state index is -0.703. The fourth-order valence-electron chi connectivity index (χ4n) is 4.47. The highest BCUT2D eigenvalue weighted by atomic mass is 35.5. The van der Waals surface area contributed by atoms with E-state index in [4.69, 9.17) is 21.3 Å². The van der Waals surface area contributed by atoms with E-state index in [0.29, 0.717) is 16.2 Å². The molecule has 0 radical (unpaired) electrons. The molecule has 0 spiro atoms. The topological polar surface area (TPSA) is 85.2 Å². The van der Waals surface area contributed by atoms with E-state index >= 15 is 0 Å². The summed E-state index contributed by atoms with van der Waals surface area (Å²) in [5.41, 5.74) is 6.19. The number of carbonyl (C=O) groups is 1. The molecule has 7 nitrogen and oxygen atoms in total. The Morgan fingerprint density at radius 2 is 1.76 bits per heavy atom. The summed E-state index contributed by atoms with van der Waals surface area (Å²) in [6.07, 6.45) is 1.07. The van der Waals surface area contributed by atoms with E-state index in [9.17, 15) is 10.1 Å². The van der Waals surface area contributed by atoms with E-state index in [-0.39, 0.29) is 0 Å². The fraction of sp³-hybridized carbons (Fsp3) is 0.200. The van der Waals surface area contributed by atoms with Crippen molar-refractivity contribution in [3.8, 4) is 22.9 Å². The Labute approximate surface area is 225 Å². The molecule has 190 valence electrons. The number of halogens is 1. The van der Waals surface area contributed by atoms with Crippen molar-refractivity contribution in [2.45, 2.75) is 33.3 Å². The number of amides is 1. The van der Waals surface area contributed by atoms with Crippen LogP contribution in [0.3, 0.4) is 0 Å². The van der Waals surface area contributed by atoms with Gasteiger partial charge in [-0.15, -0.1) is 4.99 Å². The molecule has 2 aromatic heterocycles. The lowest BCUT2D eigenvalue weighted by atomic mass is 10.0. The van der Waals surface area contributed by atoms with Gasteiger partial charge < -0.3 is 9.30 Å². The number of imidazole rings is 1. The molecule has 5 rings (SSSR count). The molecule has 3 aromatic carbocycles. The molecular formula is C30H26ClN5O2. The Balaban J connectivity index is 1.91. The van der Waals surface area contributed by atoms with Crippen LogP contribution in [0.25, 0.3) is 38.8 Å². The lowest BCUT2D eigenvalue weighted by Crippen LogP contribution is -2.28. The Kier molecular flexibility index (Phi) is 6.29. The van der Waals surface area contributed by atoms with Gasteiger partial charge in [0.25, 0.3) is 0 Å². The monoisotopic (exact) mass is 523 g/mol. The summed E-state index contributed by atoms with van der Waals surface area (Å²) in [5, 5.41) is 11.2. The maximum Gasteiger partial charge on any atom is 0.437 e. The fourth-order valence-corrected chi connectivity index (χ4v) is 4.59. The number of pyridine rings is 1. The molecule has 5 aromatic rings. The molecule has 38 heavy (non-hydrogen) atoms. The molecule has 0 unspecified atom stereocenters. The van der Waals surface area contributed by atoms with Crippen LogP contribution in [-0.2, 0) is 11.8 Å². The first-order valence-corrected chi connectivity index (χ1v) is 12.5. The van der Waals surface area contributed by atoms with Gasteiger partial charge in [0.2, 0.25) is 5.62 Å². The van der Waals surface area contributed by atoms with Gasteiger partial charge in [-0.2, -0.15) is 5.26 Å². The van der Waals surface area contributed by atoms with E-state index in [1.54, 1.807) is 39.1 Å². The molecule has 0 aliphatic carbocycles. The van der Waals surface area contributed by atoms with E-state index in [1.807, 2.05) is 65.6 Å². The Morgan fingerprint density at radius 1 is 1.05 bits per heavy atom. The summed E-state index contributed by atoms with van der Waals surface area (Å²) >= 11 is 6.11. The van der Waals surface area contributed by atoms with Crippen LogP contribution in [-0.4, -0.2) is 25.8 Å². The van der Waals surface area contributed by atoms with Crippen LogP contribution in [0.5, 0.6) is 0 Å². The Hall–Kier alpha value is -4.41. The van der Waals surface area contributed by atoms with Crippen LogP contribution in [0.1, 0.15) is 31.9 Å². The first-order chi connectivity index (χ1) is 18.1. The van der Waals surface area contributed by atoms with Crippen LogP contribution in [0.4, 0.5) is 4.79 Å². The third-order valence-electron chi connectivity index (χ3n) is 6.25. The van der Waals surface area contributed by atoms with Gasteiger partial charge in [-0.05, 0) is 80.8 Å². The number of rotatable bonds is 2. The normalized spacial score (nSPS) is 12.2. The van der Waals surface area contributed by atoms with Crippen LogP contribution >= 0.6 is 11.6 Å². The Morgan fingerprint density at radius 3 is 2.45 bits per heavy atom. The van der Waals surface area contributed by atoms with Crippen molar-refractivity contribution in [3.05, 3.63) is 88.6 Å². The van der Waals surface area contributed by atoms with Crippen LogP contribution < -0.4 is 5.62 Å². The lowest BCUT2D eigenvalue weighted by Gasteiger charge is -2.17. The zero-order valence-electron chi connectivity index (χ0n) is 21.8. The second-order valence-electron chi connectivity index (χ2n) is 10.1. The number of fused-ring (bicyclic) bond motifs is 3. The third kappa shape index (κ3) is 4.67. The second kappa shape index (κ2) is 9.47. The number of benzene rings is 3. The van der Waals surface area contributed by atoms with Gasteiger partial charge in [0.15, 0.2) is 0 Å². The zero-order chi connectivity index (χ0) is 27.2. The summed E-state index contributed by atoms with van der Waals surface area (Å²) in [6, 6.07) is 21.4. The molecule has 0 aliphatic rings. The number of hydrogen-bond donors (Lipinski definition) is 0. The maximum atomic E-state index is 12.9. The summed E-state index contributed by atoms with van der Waals surface area (Å²) in [6.45, 7) is 7.35. The van der Waals surface area contributed by atoms with Crippen molar-refractivity contribution >= 4 is 39.6 Å². The van der Waals surface area contributed by atoms with Crippen molar-refractivity contribution in [1.82, 2.24) is 14.1 Å². The van der Waals surface area contributed by atoms with Gasteiger partial charge in [-0.1, -0.05) is 35.9 Å². The molecule has 8 heteroatoms. The average Bonchev–Trinajstić information content (AvgIpc) is 3.15. The quantitative estimate of drug-likeness (QED) is 0.253. The minimum Gasteiger partial charge on any atom is -0.442 e. The maximum absolute atomic E-state index is 12.9. The van der Waals surface area contributed by atoms with Crippen molar-refractivity contribution in [1.29, 1.82) is 5.26 Å². The van der Waals surface area contributed by atoms with Crippen LogP contribution in [0.15, 0.2) is 71.9 Å². The number of nitriles is 1. The molecule has 0 bridgehead atoms. The molecule has 0 N–H and O–H groups in total. The highest BCUT2D eigenvalue weighted by molar-refractivity contribution is 6.30. The van der Waals surface area contributed by atoms with Crippen molar-refractivity contribution in [2.75, 3.05) is 0 Å². The van der Waals surface area contributed by atoms with Crippen LogP contribution in [0.2, 0.25) is 5.02 Å². The van der Waals surface area contributed by atoms with Gasteiger partial charge in [-0.25, -0.2) is 4.79 Å². The number of ether oxygens (including phenoxy) is 1. The van der Waals surface area contributed by atoms with E-state index in [0.717, 1.165) is 44.3 Å². The van der Waals surface area contributed by atoms with Gasteiger partial charge in [0.05, 0.1) is 40.1 Å². The Bertz CT molecular complexity index is 1830. The standard InChI is InChI=1S/C30H26ClN5O2/c1-18-6-7-19(16-32)14-25(18)36-27-23-15-21(20-8-11-22(31)12-9-20)10-13-24(23)33-17-26(27)35(5)28(36)34-29(37)38-30(2,3)4/h6-15,17H,1-5H3. The smallest absolute Gasteiger partial charge is 0.437 e. The number of carbonyl (C=O) groups excluding carboxylic acids is 1. The number of aryl methyl sites for hydroxylation is 2. The molecule has 2 heterocycles. The summed E-state index contributed by atoms with van der Waals surface area (Å²) in [5.74, 6) is 0. The predicted molar refractivity (Wildman–Crippen MR) is 149 cm³/mol. The number of hydrogen-bond acceptors (Lipinski definition) is 4. The van der Waals surface area contributed by atoms with Gasteiger partial charge in [0.1, 0.15) is 5.60 Å². The average molecular weight is 524 g/mol. The molecule has 0 aliphatic heterocycles. The minimum absolute atomic E-state index is 0.360. The first kappa shape index (κ1) is 25.2. The highest BCUT2D eigenvalue weighted by Crippen LogP contribution is 2.31. The van der Waals surface area contributed by atoms with E-state index < -0.39 is 11.7 Å². The molecule has 0 saturated heterocycles. The summed E-state index contributed by atoms with van der Waals surface area (Å²) < 4.78 is 9.25. The van der Waals surface area contributed by atoms with Gasteiger partial charge in [0, 0.05) is 17.5 Å². The van der Waals surface area contributed by atoms with Crippen LogP contribution in [0, 0.1) is 18.3 Å². The third-order valence-corrected chi connectivity index (χ3v) is 6.50. The molecule has 1 amide bonds. The summed E-state index contributed by atoms with van der Waals surface area (Å²) in [4.78, 5) is 22.0. The molecule has 0 saturated carbocycles. The second-order valence-corrected chi connectivity index (χ2v) is 10.6. The largest absolute Gasteiger partial charge is 0.442 e. The summed E-state index contributed by atoms with van der Waals surface area (Å²) in [7, 11) is 1.84. The molecule has 0 fully saturated rings. The highest BCUT2D eigenvalue weighted by Gasteiger charge is 2.20. The van der Waals surface area contributed by atoms with Gasteiger partial charge >= 0.3 is 6.09 Å². The van der Waals surface area contributed by atoms with E-state index in [1.165, 1.54) is 0 Å². The first-order valence-electron chi connectivity index (χ1n) is 12.1. The predicted octanol–water partition coefficient (Wildman–Crippen LogP) is 6.85. The lowest BCUT2D eigenvalue weighted by molar-refractivity contribution is 0.0594. The van der Waals surface area contributed by atoms with Gasteiger partial charge in [-0.3, -0.25) is 9.55 Å². The molecule has 0 atom stereocenters. The van der Waals surface area contributed by atoms with Crippen molar-refractivity contribution in [3.63, 3.8) is 0 Å². The SMILES string of the molecule is Cc1ccc(C#N)cc1-n1c(=NC(=O)OC(C)(C)C)n(C)c2cnc3ccc(-c4ccc(Cl)cc4)cc3c21. The zero-order valence-corrected chi connectivity index (χ0v) is 22.5. The molecular weight excluding hydrogens is 498 g/mol. The van der Waals surface area contributed by atoms with Crippen molar-refractivity contribution < 1.29 is 9.53 Å². The van der Waals surface area contributed by atoms with E-state index in [2.05, 4.69) is 17.1 Å². The number of aromatic nitrogens is 3. The number of nitrogens with zero attached hydrogens (tertiary/aromatic N) is 5.